The minimum Gasteiger partial charge on any atom is -0.483 e. The van der Waals surface area contributed by atoms with Crippen LogP contribution in [0.2, 0.25) is 10.0 Å². The van der Waals surface area contributed by atoms with Gasteiger partial charge < -0.3 is 15.0 Å². The van der Waals surface area contributed by atoms with Gasteiger partial charge in [-0.25, -0.2) is 0 Å². The van der Waals surface area contributed by atoms with Gasteiger partial charge >= 0.3 is 4.87 Å². The lowest BCUT2D eigenvalue weighted by Crippen LogP contribution is -2.42. The first kappa shape index (κ1) is 29.8. The predicted octanol–water partition coefficient (Wildman–Crippen LogP) is 6.75. The summed E-state index contributed by atoms with van der Waals surface area (Å²) in [5.74, 6) is -1.44. The second kappa shape index (κ2) is 11.3. The highest BCUT2D eigenvalue weighted by molar-refractivity contribution is 8.00. The molecular weight excluding hydrogens is 665 g/mol. The molecule has 12 heteroatoms. The van der Waals surface area contributed by atoms with Crippen LogP contribution < -0.4 is 19.8 Å². The van der Waals surface area contributed by atoms with E-state index in [0.29, 0.717) is 27.2 Å². The lowest BCUT2D eigenvalue weighted by atomic mass is 9.68. The van der Waals surface area contributed by atoms with E-state index in [4.69, 9.17) is 27.9 Å². The molecule has 0 radical (unpaired) electrons. The van der Waals surface area contributed by atoms with Crippen molar-refractivity contribution in [2.24, 2.45) is 29.6 Å². The van der Waals surface area contributed by atoms with E-state index in [1.54, 1.807) is 48.2 Å². The molecule has 2 N–H and O–H groups in total. The van der Waals surface area contributed by atoms with Crippen molar-refractivity contribution >= 4 is 75.4 Å². The van der Waals surface area contributed by atoms with Crippen LogP contribution in [0.1, 0.15) is 28.3 Å². The van der Waals surface area contributed by atoms with Crippen molar-refractivity contribution in [3.05, 3.63) is 102 Å². The number of hydrogen-bond acceptors (Lipinski definition) is 7. The summed E-state index contributed by atoms with van der Waals surface area (Å²) in [5.41, 5.74) is 3.01. The number of thiazole rings is 1. The fraction of sp³-hybridized carbons (Fsp3) is 0.294. The number of aromatic nitrogens is 1. The summed E-state index contributed by atoms with van der Waals surface area (Å²) in [6.07, 6.45) is 0.757. The Balaban J connectivity index is 1.14. The standard InChI is InChI=1S/C34H27Cl2N3O5S2/c1-15-2-9-19(10-3-15)39-32(41)27-21-13-22(28(27)33(39)42)29-26(21)25(30-31(45-29)38-34(43)46-30)20-12-17(36)6-11-23(20)44-14-24(40)37-18-7-4-16(35)5-8-18/h2-12,21-22,25-29H,13-14H2,1H3,(H,37,40)(H,38,43)/t21-,22-,25-,26?,27?,28?,29?/m1/s1. The smallest absolute Gasteiger partial charge is 0.305 e. The lowest BCUT2D eigenvalue weighted by Gasteiger charge is -2.43. The maximum Gasteiger partial charge on any atom is 0.305 e. The Morgan fingerprint density at radius 3 is 2.39 bits per heavy atom. The molecule has 234 valence electrons. The molecule has 2 saturated carbocycles. The molecular formula is C34H27Cl2N3O5S2. The number of H-pyrrole nitrogens is 1. The van der Waals surface area contributed by atoms with Crippen LogP contribution >= 0.6 is 46.3 Å². The molecule has 3 amide bonds. The maximum atomic E-state index is 14.1. The van der Waals surface area contributed by atoms with E-state index in [-0.39, 0.29) is 58.1 Å². The van der Waals surface area contributed by atoms with Crippen LogP contribution in [0.4, 0.5) is 11.4 Å². The molecule has 3 aromatic carbocycles. The Kier molecular flexibility index (Phi) is 7.32. The number of aryl methyl sites for hydroxylation is 1. The number of ether oxygens (including phenoxy) is 1. The number of anilines is 2. The van der Waals surface area contributed by atoms with Crippen molar-refractivity contribution < 1.29 is 19.1 Å². The van der Waals surface area contributed by atoms with Gasteiger partial charge in [0.15, 0.2) is 6.61 Å². The molecule has 4 aromatic rings. The second-order valence-corrected chi connectivity index (χ2v) is 15.4. The maximum absolute atomic E-state index is 14.1. The van der Waals surface area contributed by atoms with E-state index in [9.17, 15) is 19.2 Å². The summed E-state index contributed by atoms with van der Waals surface area (Å²) >= 11 is 15.3. The number of thioether (sulfide) groups is 1. The Labute approximate surface area is 282 Å². The van der Waals surface area contributed by atoms with Crippen molar-refractivity contribution in [3.63, 3.8) is 0 Å². The van der Waals surface area contributed by atoms with Crippen LogP contribution in [-0.2, 0) is 14.4 Å². The Bertz CT molecular complexity index is 1960. The number of nitrogens with one attached hydrogen (secondary N) is 2. The normalized spacial score (nSPS) is 27.4. The van der Waals surface area contributed by atoms with E-state index in [1.165, 1.54) is 4.90 Å². The number of carbonyl (C=O) groups excluding carboxylic acids is 3. The third-order valence-electron chi connectivity index (χ3n) is 9.81. The SMILES string of the molecule is Cc1ccc(N2C(=O)C3C(C2=O)[C@@H]2C[C@H]3C3Sc4[nH]c(=O)sc4[C@H](c4cc(Cl)ccc4OCC(=O)Nc4ccc(Cl)cc4)C32)cc1. The molecule has 8 rings (SSSR count). The van der Waals surface area contributed by atoms with Gasteiger partial charge in [0.1, 0.15) is 5.75 Å². The summed E-state index contributed by atoms with van der Waals surface area (Å²) < 4.78 is 6.15. The average molecular weight is 693 g/mol. The summed E-state index contributed by atoms with van der Waals surface area (Å²) in [4.78, 5) is 58.6. The highest BCUT2D eigenvalue weighted by Crippen LogP contribution is 2.69. The summed E-state index contributed by atoms with van der Waals surface area (Å²) in [6, 6.07) is 19.6. The Morgan fingerprint density at radius 2 is 1.65 bits per heavy atom. The molecule has 2 aliphatic heterocycles. The Hall–Kier alpha value is -3.57. The van der Waals surface area contributed by atoms with Gasteiger partial charge in [-0.2, -0.15) is 0 Å². The number of nitrogens with zero attached hydrogens (tertiary/aromatic N) is 1. The molecule has 1 aromatic heterocycles. The topological polar surface area (TPSA) is 109 Å². The van der Waals surface area contributed by atoms with Crippen LogP contribution in [0.15, 0.2) is 76.6 Å². The zero-order valence-electron chi connectivity index (χ0n) is 24.4. The zero-order chi connectivity index (χ0) is 31.9. The summed E-state index contributed by atoms with van der Waals surface area (Å²) in [5, 5.41) is 4.65. The van der Waals surface area contributed by atoms with Gasteiger partial charge in [-0.1, -0.05) is 52.2 Å². The number of aromatic amines is 1. The summed E-state index contributed by atoms with van der Waals surface area (Å²) in [6.45, 7) is 1.72. The highest BCUT2D eigenvalue weighted by Gasteiger charge is 2.69. The molecule has 4 aliphatic rings. The molecule has 3 fully saturated rings. The molecule has 8 nitrogen and oxygen atoms in total. The quantitative estimate of drug-likeness (QED) is 0.217. The van der Waals surface area contributed by atoms with Gasteiger partial charge in [0.2, 0.25) is 11.8 Å². The molecule has 4 unspecified atom stereocenters. The third-order valence-corrected chi connectivity index (χ3v) is 12.9. The van der Waals surface area contributed by atoms with Crippen molar-refractivity contribution in [1.82, 2.24) is 4.98 Å². The third kappa shape index (κ3) is 4.80. The number of carbonyl (C=O) groups is 3. The van der Waals surface area contributed by atoms with E-state index in [0.717, 1.165) is 38.8 Å². The molecule has 2 aliphatic carbocycles. The molecule has 46 heavy (non-hydrogen) atoms. The lowest BCUT2D eigenvalue weighted by molar-refractivity contribution is -0.123. The van der Waals surface area contributed by atoms with Gasteiger partial charge in [-0.15, -0.1) is 11.8 Å². The van der Waals surface area contributed by atoms with Crippen LogP contribution in [-0.4, -0.2) is 34.6 Å². The van der Waals surface area contributed by atoms with Crippen LogP contribution in [0.25, 0.3) is 0 Å². The van der Waals surface area contributed by atoms with E-state index in [2.05, 4.69) is 10.3 Å². The first-order valence-corrected chi connectivity index (χ1v) is 17.4. The van der Waals surface area contributed by atoms with E-state index >= 15 is 0 Å². The van der Waals surface area contributed by atoms with Crippen molar-refractivity contribution in [3.8, 4) is 5.75 Å². The summed E-state index contributed by atoms with van der Waals surface area (Å²) in [7, 11) is 0. The number of halogens is 2. The van der Waals surface area contributed by atoms with E-state index < -0.39 is 11.8 Å². The number of imide groups is 1. The largest absolute Gasteiger partial charge is 0.483 e. The predicted molar refractivity (Wildman–Crippen MR) is 179 cm³/mol. The number of benzene rings is 3. The average Bonchev–Trinajstić information content (AvgIpc) is 3.77. The van der Waals surface area contributed by atoms with Crippen LogP contribution in [0, 0.1) is 36.5 Å². The highest BCUT2D eigenvalue weighted by atomic mass is 35.5. The first-order chi connectivity index (χ1) is 22.2. The van der Waals surface area contributed by atoms with E-state index in [1.807, 2.05) is 37.3 Å². The van der Waals surface area contributed by atoms with Crippen molar-refractivity contribution in [1.29, 1.82) is 0 Å². The molecule has 0 spiro atoms. The van der Waals surface area contributed by atoms with Crippen LogP contribution in [0.3, 0.4) is 0 Å². The Morgan fingerprint density at radius 1 is 0.957 bits per heavy atom. The molecule has 7 atom stereocenters. The molecule has 1 saturated heterocycles. The fourth-order valence-electron chi connectivity index (χ4n) is 8.08. The minimum absolute atomic E-state index is 0.00347. The fourth-order valence-corrected chi connectivity index (χ4v) is 11.3. The minimum atomic E-state index is -0.436. The number of rotatable bonds is 6. The van der Waals surface area contributed by atoms with Gasteiger partial charge in [0, 0.05) is 37.3 Å². The first-order valence-electron chi connectivity index (χ1n) is 15.0. The zero-order valence-corrected chi connectivity index (χ0v) is 27.5. The van der Waals surface area contributed by atoms with Gasteiger partial charge in [-0.05, 0) is 85.7 Å². The second-order valence-electron chi connectivity index (χ2n) is 12.3. The monoisotopic (exact) mass is 691 g/mol. The molecule has 2 bridgehead atoms. The van der Waals surface area contributed by atoms with Gasteiger partial charge in [0.05, 0.1) is 22.5 Å². The van der Waals surface area contributed by atoms with Gasteiger partial charge in [0.25, 0.3) is 5.91 Å². The number of hydrogen-bond donors (Lipinski definition) is 2. The van der Waals surface area contributed by atoms with Crippen LogP contribution in [0.5, 0.6) is 5.75 Å². The van der Waals surface area contributed by atoms with Crippen molar-refractivity contribution in [2.45, 2.75) is 29.5 Å². The van der Waals surface area contributed by atoms with Gasteiger partial charge in [-0.3, -0.25) is 24.1 Å². The number of amides is 3. The number of fused-ring (bicyclic) bond motifs is 9. The van der Waals surface area contributed by atoms with Crippen molar-refractivity contribution in [2.75, 3.05) is 16.8 Å². The molecule has 3 heterocycles.